The molecule has 0 bridgehead atoms. The Morgan fingerprint density at radius 2 is 1.97 bits per heavy atom. The fourth-order valence-corrected chi connectivity index (χ4v) is 4.02. The van der Waals surface area contributed by atoms with Crippen LogP contribution in [0.5, 0.6) is 17.2 Å². The highest BCUT2D eigenvalue weighted by Crippen LogP contribution is 2.44. The van der Waals surface area contributed by atoms with Crippen LogP contribution in [0.3, 0.4) is 0 Å². The standard InChI is InChI=1S/C24H18IN3O3/c1-30-18-7-5-17(6-8-18)28-13-15-10-19-22(11-21(15)29)31-24(27)20(12-26)23(19)14-3-2-4-16(25)9-14/h2-11,13,23,29H,27H2,1H3. The molecular weight excluding hydrogens is 505 g/mol. The van der Waals surface area contributed by atoms with E-state index in [2.05, 4.69) is 33.7 Å². The second-order valence-electron chi connectivity index (χ2n) is 6.88. The van der Waals surface area contributed by atoms with Gasteiger partial charge in [0, 0.05) is 27.0 Å². The van der Waals surface area contributed by atoms with Gasteiger partial charge in [-0.1, -0.05) is 12.1 Å². The number of methoxy groups -OCH3 is 1. The van der Waals surface area contributed by atoms with E-state index in [9.17, 15) is 10.4 Å². The molecule has 6 nitrogen and oxygen atoms in total. The van der Waals surface area contributed by atoms with E-state index in [1.54, 1.807) is 19.4 Å². The Hall–Kier alpha value is -3.51. The summed E-state index contributed by atoms with van der Waals surface area (Å²) in [4.78, 5) is 4.44. The van der Waals surface area contributed by atoms with Crippen LogP contribution in [0.2, 0.25) is 0 Å². The van der Waals surface area contributed by atoms with Gasteiger partial charge >= 0.3 is 0 Å². The van der Waals surface area contributed by atoms with Gasteiger partial charge in [0.1, 0.15) is 28.9 Å². The number of phenolic OH excluding ortho intramolecular Hbond substituents is 1. The third kappa shape index (κ3) is 4.20. The lowest BCUT2D eigenvalue weighted by molar-refractivity contribution is 0.388. The molecule has 0 radical (unpaired) electrons. The Balaban J connectivity index is 1.79. The first kappa shape index (κ1) is 20.8. The van der Waals surface area contributed by atoms with Gasteiger partial charge in [-0.3, -0.25) is 4.99 Å². The van der Waals surface area contributed by atoms with Crippen LogP contribution < -0.4 is 15.2 Å². The molecule has 7 heteroatoms. The van der Waals surface area contributed by atoms with Gasteiger partial charge in [-0.2, -0.15) is 5.26 Å². The number of ether oxygens (including phenoxy) is 2. The van der Waals surface area contributed by atoms with Gasteiger partial charge < -0.3 is 20.3 Å². The molecule has 154 valence electrons. The number of nitriles is 1. The molecule has 4 rings (SSSR count). The molecule has 0 aromatic heterocycles. The Bertz CT molecular complexity index is 1240. The first-order chi connectivity index (χ1) is 15.0. The monoisotopic (exact) mass is 523 g/mol. The number of fused-ring (bicyclic) bond motifs is 1. The van der Waals surface area contributed by atoms with Crippen molar-refractivity contribution in [3.63, 3.8) is 0 Å². The molecule has 3 aromatic carbocycles. The molecule has 1 atom stereocenters. The summed E-state index contributed by atoms with van der Waals surface area (Å²) in [5.41, 5.74) is 9.24. The normalized spacial score (nSPS) is 15.3. The lowest BCUT2D eigenvalue weighted by atomic mass is 9.83. The first-order valence-corrected chi connectivity index (χ1v) is 10.5. The van der Waals surface area contributed by atoms with Crippen molar-refractivity contribution >= 4 is 34.5 Å². The molecule has 3 N–H and O–H groups in total. The largest absolute Gasteiger partial charge is 0.507 e. The second-order valence-corrected chi connectivity index (χ2v) is 8.13. The summed E-state index contributed by atoms with van der Waals surface area (Å²) < 4.78 is 11.9. The highest BCUT2D eigenvalue weighted by atomic mass is 127. The minimum Gasteiger partial charge on any atom is -0.507 e. The SMILES string of the molecule is COc1ccc(N=Cc2cc3c(cc2O)OC(N)=C(C#N)C3c2cccc(I)c2)cc1. The summed E-state index contributed by atoms with van der Waals surface area (Å²) in [7, 11) is 1.60. The maximum atomic E-state index is 10.5. The number of nitrogens with zero attached hydrogens (tertiary/aromatic N) is 2. The smallest absolute Gasteiger partial charge is 0.205 e. The fraction of sp³-hybridized carbons (Fsp3) is 0.0833. The number of aromatic hydroxyl groups is 1. The van der Waals surface area contributed by atoms with Gasteiger partial charge in [0.2, 0.25) is 5.88 Å². The number of hydrogen-bond donors (Lipinski definition) is 2. The van der Waals surface area contributed by atoms with Gasteiger partial charge in [-0.05, 0) is 70.6 Å². The maximum absolute atomic E-state index is 10.5. The van der Waals surface area contributed by atoms with E-state index in [-0.39, 0.29) is 11.6 Å². The van der Waals surface area contributed by atoms with Crippen molar-refractivity contribution in [1.82, 2.24) is 0 Å². The zero-order chi connectivity index (χ0) is 22.0. The molecule has 1 aliphatic heterocycles. The number of allylic oxidation sites excluding steroid dienone is 1. The number of rotatable bonds is 4. The van der Waals surface area contributed by atoms with E-state index < -0.39 is 5.92 Å². The topological polar surface area (TPSA) is 101 Å². The molecule has 31 heavy (non-hydrogen) atoms. The van der Waals surface area contributed by atoms with Crippen molar-refractivity contribution in [2.45, 2.75) is 5.92 Å². The van der Waals surface area contributed by atoms with Crippen molar-refractivity contribution in [2.24, 2.45) is 10.7 Å². The minimum atomic E-state index is -0.405. The van der Waals surface area contributed by atoms with Gasteiger partial charge in [0.05, 0.1) is 18.7 Å². The zero-order valence-electron chi connectivity index (χ0n) is 16.5. The van der Waals surface area contributed by atoms with Crippen molar-refractivity contribution < 1.29 is 14.6 Å². The third-order valence-electron chi connectivity index (χ3n) is 4.97. The lowest BCUT2D eigenvalue weighted by Gasteiger charge is -2.27. The third-order valence-corrected chi connectivity index (χ3v) is 5.64. The van der Waals surface area contributed by atoms with Gasteiger partial charge in [-0.25, -0.2) is 0 Å². The van der Waals surface area contributed by atoms with Crippen molar-refractivity contribution in [2.75, 3.05) is 7.11 Å². The molecule has 0 amide bonds. The van der Waals surface area contributed by atoms with E-state index in [4.69, 9.17) is 15.2 Å². The predicted molar refractivity (Wildman–Crippen MR) is 127 cm³/mol. The van der Waals surface area contributed by atoms with Crippen molar-refractivity contribution in [3.8, 4) is 23.3 Å². The average Bonchev–Trinajstić information content (AvgIpc) is 2.77. The van der Waals surface area contributed by atoms with Crippen LogP contribution in [-0.2, 0) is 0 Å². The van der Waals surface area contributed by atoms with Crippen LogP contribution >= 0.6 is 22.6 Å². The molecular formula is C24H18IN3O3. The quantitative estimate of drug-likeness (QED) is 0.372. The molecule has 3 aromatic rings. The summed E-state index contributed by atoms with van der Waals surface area (Å²) in [6, 6.07) is 20.6. The summed E-state index contributed by atoms with van der Waals surface area (Å²) in [6.45, 7) is 0. The van der Waals surface area contributed by atoms with Crippen molar-refractivity contribution in [3.05, 3.63) is 92.4 Å². The van der Waals surface area contributed by atoms with Crippen LogP contribution in [0.1, 0.15) is 22.6 Å². The molecule has 1 aliphatic rings. The van der Waals surface area contributed by atoms with Gasteiger partial charge in [-0.15, -0.1) is 0 Å². The van der Waals surface area contributed by atoms with Gasteiger partial charge in [0.25, 0.3) is 0 Å². The van der Waals surface area contributed by atoms with Crippen LogP contribution in [0.4, 0.5) is 5.69 Å². The van der Waals surface area contributed by atoms with Crippen LogP contribution in [0.25, 0.3) is 0 Å². The summed E-state index contributed by atoms with van der Waals surface area (Å²) in [6.07, 6.45) is 1.58. The highest BCUT2D eigenvalue weighted by Gasteiger charge is 2.31. The van der Waals surface area contributed by atoms with E-state index in [1.165, 1.54) is 6.07 Å². The van der Waals surface area contributed by atoms with E-state index >= 15 is 0 Å². The Morgan fingerprint density at radius 3 is 2.65 bits per heavy atom. The highest BCUT2D eigenvalue weighted by molar-refractivity contribution is 14.1. The van der Waals surface area contributed by atoms with Crippen molar-refractivity contribution in [1.29, 1.82) is 5.26 Å². The van der Waals surface area contributed by atoms with E-state index in [1.807, 2.05) is 48.5 Å². The Kier molecular flexibility index (Phi) is 5.82. The molecule has 0 spiro atoms. The summed E-state index contributed by atoms with van der Waals surface area (Å²) in [5, 5.41) is 20.3. The molecule has 0 saturated heterocycles. The number of hydrogen-bond acceptors (Lipinski definition) is 6. The molecule has 0 fully saturated rings. The summed E-state index contributed by atoms with van der Waals surface area (Å²) >= 11 is 2.23. The Labute approximate surface area is 193 Å². The number of halogens is 1. The Morgan fingerprint density at radius 1 is 1.19 bits per heavy atom. The molecule has 1 unspecified atom stereocenters. The number of nitrogens with two attached hydrogens (primary N) is 1. The summed E-state index contributed by atoms with van der Waals surface area (Å²) in [5.74, 6) is 0.793. The lowest BCUT2D eigenvalue weighted by Crippen LogP contribution is -2.21. The van der Waals surface area contributed by atoms with E-state index in [0.717, 1.165) is 20.4 Å². The van der Waals surface area contributed by atoms with Crippen LogP contribution in [0.15, 0.2) is 77.1 Å². The molecule has 0 aliphatic carbocycles. The number of benzene rings is 3. The van der Waals surface area contributed by atoms with Crippen LogP contribution in [0, 0.1) is 14.9 Å². The molecule has 0 saturated carbocycles. The number of phenols is 1. The minimum absolute atomic E-state index is 0.00520. The fourth-order valence-electron chi connectivity index (χ4n) is 3.46. The molecule has 1 heterocycles. The van der Waals surface area contributed by atoms with Gasteiger partial charge in [0.15, 0.2) is 0 Å². The van der Waals surface area contributed by atoms with E-state index in [0.29, 0.717) is 22.6 Å². The maximum Gasteiger partial charge on any atom is 0.205 e. The second kappa shape index (κ2) is 8.70. The van der Waals surface area contributed by atoms with Crippen LogP contribution in [-0.4, -0.2) is 18.4 Å². The zero-order valence-corrected chi connectivity index (χ0v) is 18.7. The first-order valence-electron chi connectivity index (χ1n) is 9.38. The number of aliphatic imine (C=N–C) groups is 1. The average molecular weight is 523 g/mol. The predicted octanol–water partition coefficient (Wildman–Crippen LogP) is 4.97.